The Bertz CT molecular complexity index is 183. The van der Waals surface area contributed by atoms with Gasteiger partial charge in [0.1, 0.15) is 0 Å². The SMILES string of the molecule is CNC1CCOCC1CN1CCOCC1. The van der Waals surface area contributed by atoms with Crippen molar-refractivity contribution in [3.63, 3.8) is 0 Å². The van der Waals surface area contributed by atoms with Crippen LogP contribution in [0.2, 0.25) is 0 Å². The number of hydrogen-bond acceptors (Lipinski definition) is 4. The lowest BCUT2D eigenvalue weighted by molar-refractivity contribution is -0.00934. The molecule has 0 aromatic carbocycles. The lowest BCUT2D eigenvalue weighted by atomic mass is 9.95. The van der Waals surface area contributed by atoms with Crippen LogP contribution in [0, 0.1) is 5.92 Å². The van der Waals surface area contributed by atoms with Gasteiger partial charge in [0, 0.05) is 38.2 Å². The van der Waals surface area contributed by atoms with E-state index in [0.29, 0.717) is 12.0 Å². The molecule has 15 heavy (non-hydrogen) atoms. The predicted molar refractivity (Wildman–Crippen MR) is 59.0 cm³/mol. The van der Waals surface area contributed by atoms with Crippen molar-refractivity contribution in [2.75, 3.05) is 53.1 Å². The number of hydrogen-bond donors (Lipinski definition) is 1. The second-order valence-electron chi connectivity index (χ2n) is 4.43. The van der Waals surface area contributed by atoms with Crippen LogP contribution in [0.1, 0.15) is 6.42 Å². The Morgan fingerprint density at radius 2 is 2.00 bits per heavy atom. The summed E-state index contributed by atoms with van der Waals surface area (Å²) in [6.07, 6.45) is 1.14. The minimum atomic E-state index is 0.626. The molecule has 2 saturated heterocycles. The molecule has 0 bridgehead atoms. The van der Waals surface area contributed by atoms with E-state index in [2.05, 4.69) is 17.3 Å². The molecule has 2 aliphatic rings. The van der Waals surface area contributed by atoms with Gasteiger partial charge >= 0.3 is 0 Å². The van der Waals surface area contributed by atoms with E-state index in [0.717, 1.165) is 52.5 Å². The van der Waals surface area contributed by atoms with Crippen molar-refractivity contribution >= 4 is 0 Å². The Labute approximate surface area is 91.9 Å². The number of rotatable bonds is 3. The number of ether oxygens (including phenoxy) is 2. The van der Waals surface area contributed by atoms with E-state index in [4.69, 9.17) is 9.47 Å². The van der Waals surface area contributed by atoms with Crippen molar-refractivity contribution in [2.45, 2.75) is 12.5 Å². The summed E-state index contributed by atoms with van der Waals surface area (Å²) in [7, 11) is 2.06. The zero-order valence-electron chi connectivity index (χ0n) is 9.58. The van der Waals surface area contributed by atoms with E-state index in [1.807, 2.05) is 0 Å². The Kier molecular flexibility index (Phi) is 4.38. The molecule has 2 rings (SSSR count). The minimum Gasteiger partial charge on any atom is -0.381 e. The lowest BCUT2D eigenvalue weighted by Crippen LogP contribution is -2.48. The van der Waals surface area contributed by atoms with Crippen LogP contribution >= 0.6 is 0 Å². The predicted octanol–water partition coefficient (Wildman–Crippen LogP) is -0.0569. The first-order valence-corrected chi connectivity index (χ1v) is 5.95. The van der Waals surface area contributed by atoms with Gasteiger partial charge in [-0.05, 0) is 13.5 Å². The van der Waals surface area contributed by atoms with Crippen LogP contribution in [-0.4, -0.2) is 64.1 Å². The topological polar surface area (TPSA) is 33.7 Å². The molecular weight excluding hydrogens is 192 g/mol. The van der Waals surface area contributed by atoms with Gasteiger partial charge in [-0.15, -0.1) is 0 Å². The van der Waals surface area contributed by atoms with Crippen LogP contribution in [0.4, 0.5) is 0 Å². The van der Waals surface area contributed by atoms with Gasteiger partial charge in [-0.25, -0.2) is 0 Å². The molecule has 2 atom stereocenters. The highest BCUT2D eigenvalue weighted by Gasteiger charge is 2.26. The summed E-state index contributed by atoms with van der Waals surface area (Å²) < 4.78 is 10.9. The summed E-state index contributed by atoms with van der Waals surface area (Å²) in [5.41, 5.74) is 0. The first-order valence-electron chi connectivity index (χ1n) is 5.95. The molecule has 4 heteroatoms. The first-order chi connectivity index (χ1) is 7.40. The van der Waals surface area contributed by atoms with E-state index >= 15 is 0 Å². The molecule has 2 heterocycles. The van der Waals surface area contributed by atoms with E-state index < -0.39 is 0 Å². The quantitative estimate of drug-likeness (QED) is 0.714. The highest BCUT2D eigenvalue weighted by atomic mass is 16.5. The Hall–Kier alpha value is -0.160. The fraction of sp³-hybridized carbons (Fsp3) is 1.00. The molecule has 0 aromatic heterocycles. The Balaban J connectivity index is 1.79. The molecule has 0 aliphatic carbocycles. The van der Waals surface area contributed by atoms with Crippen molar-refractivity contribution in [2.24, 2.45) is 5.92 Å². The lowest BCUT2D eigenvalue weighted by Gasteiger charge is -2.36. The maximum atomic E-state index is 5.56. The summed E-state index contributed by atoms with van der Waals surface area (Å²) in [4.78, 5) is 2.49. The summed E-state index contributed by atoms with van der Waals surface area (Å²) in [6.45, 7) is 6.89. The van der Waals surface area contributed by atoms with Crippen molar-refractivity contribution in [1.29, 1.82) is 0 Å². The zero-order valence-corrected chi connectivity index (χ0v) is 9.58. The maximum absolute atomic E-state index is 5.56. The van der Waals surface area contributed by atoms with Crippen LogP contribution in [0.15, 0.2) is 0 Å². The van der Waals surface area contributed by atoms with Crippen molar-refractivity contribution in [3.8, 4) is 0 Å². The van der Waals surface area contributed by atoms with Gasteiger partial charge in [0.05, 0.1) is 19.8 Å². The van der Waals surface area contributed by atoms with Crippen molar-refractivity contribution in [1.82, 2.24) is 10.2 Å². The summed E-state index contributed by atoms with van der Waals surface area (Å²) in [6, 6.07) is 0.626. The molecule has 0 radical (unpaired) electrons. The van der Waals surface area contributed by atoms with E-state index in [-0.39, 0.29) is 0 Å². The van der Waals surface area contributed by atoms with Gasteiger partial charge < -0.3 is 14.8 Å². The molecule has 0 aromatic rings. The van der Waals surface area contributed by atoms with Gasteiger partial charge in [-0.1, -0.05) is 0 Å². The molecule has 0 spiro atoms. The number of nitrogens with one attached hydrogen (secondary N) is 1. The minimum absolute atomic E-state index is 0.626. The highest BCUT2D eigenvalue weighted by molar-refractivity contribution is 4.81. The molecule has 88 valence electrons. The van der Waals surface area contributed by atoms with Crippen molar-refractivity contribution in [3.05, 3.63) is 0 Å². The van der Waals surface area contributed by atoms with Crippen LogP contribution in [0.3, 0.4) is 0 Å². The second-order valence-corrected chi connectivity index (χ2v) is 4.43. The van der Waals surface area contributed by atoms with Crippen molar-refractivity contribution < 1.29 is 9.47 Å². The third-order valence-electron chi connectivity index (χ3n) is 3.44. The monoisotopic (exact) mass is 214 g/mol. The normalized spacial score (nSPS) is 34.2. The van der Waals surface area contributed by atoms with E-state index in [9.17, 15) is 0 Å². The zero-order chi connectivity index (χ0) is 10.5. The smallest absolute Gasteiger partial charge is 0.0594 e. The third kappa shape index (κ3) is 3.14. The standard InChI is InChI=1S/C11H22N2O2/c1-12-11-2-5-15-9-10(11)8-13-3-6-14-7-4-13/h10-12H,2-9H2,1H3. The Morgan fingerprint density at radius 1 is 1.20 bits per heavy atom. The summed E-state index contributed by atoms with van der Waals surface area (Å²) in [5.74, 6) is 0.641. The molecule has 2 unspecified atom stereocenters. The van der Waals surface area contributed by atoms with Gasteiger partial charge in [0.15, 0.2) is 0 Å². The van der Waals surface area contributed by atoms with Gasteiger partial charge in [-0.3, -0.25) is 4.90 Å². The molecular formula is C11H22N2O2. The van der Waals surface area contributed by atoms with Crippen LogP contribution in [0.5, 0.6) is 0 Å². The van der Waals surface area contributed by atoms with Crippen LogP contribution < -0.4 is 5.32 Å². The van der Waals surface area contributed by atoms with E-state index in [1.54, 1.807) is 0 Å². The van der Waals surface area contributed by atoms with Gasteiger partial charge in [0.2, 0.25) is 0 Å². The second kappa shape index (κ2) is 5.80. The first kappa shape index (κ1) is 11.3. The Morgan fingerprint density at radius 3 is 2.73 bits per heavy atom. The largest absolute Gasteiger partial charge is 0.381 e. The fourth-order valence-electron chi connectivity index (χ4n) is 2.47. The molecule has 0 saturated carbocycles. The van der Waals surface area contributed by atoms with Gasteiger partial charge in [0.25, 0.3) is 0 Å². The van der Waals surface area contributed by atoms with Crippen LogP contribution in [0.25, 0.3) is 0 Å². The molecule has 2 fully saturated rings. The molecule has 4 nitrogen and oxygen atoms in total. The number of nitrogens with zero attached hydrogens (tertiary/aromatic N) is 1. The number of morpholine rings is 1. The maximum Gasteiger partial charge on any atom is 0.0594 e. The average Bonchev–Trinajstić information content (AvgIpc) is 2.31. The molecule has 1 N–H and O–H groups in total. The molecule has 2 aliphatic heterocycles. The average molecular weight is 214 g/mol. The summed E-state index contributed by atoms with van der Waals surface area (Å²) in [5, 5.41) is 3.41. The molecule has 0 amide bonds. The van der Waals surface area contributed by atoms with E-state index in [1.165, 1.54) is 0 Å². The fourth-order valence-corrected chi connectivity index (χ4v) is 2.47. The third-order valence-corrected chi connectivity index (χ3v) is 3.44. The van der Waals surface area contributed by atoms with Crippen LogP contribution in [-0.2, 0) is 9.47 Å². The van der Waals surface area contributed by atoms with Gasteiger partial charge in [-0.2, -0.15) is 0 Å². The highest BCUT2D eigenvalue weighted by Crippen LogP contribution is 2.16. The summed E-state index contributed by atoms with van der Waals surface area (Å²) >= 11 is 0.